The molecule has 2 heterocycles. The van der Waals surface area contributed by atoms with E-state index in [1.54, 1.807) is 0 Å². The fraction of sp³-hybridized carbons (Fsp3) is 0.704. The van der Waals surface area contributed by atoms with Crippen LogP contribution in [0.5, 0.6) is 0 Å². The van der Waals surface area contributed by atoms with Gasteiger partial charge in [-0.05, 0) is 57.1 Å². The van der Waals surface area contributed by atoms with E-state index in [0.29, 0.717) is 0 Å². The summed E-state index contributed by atoms with van der Waals surface area (Å²) in [7, 11) is -0.434. The van der Waals surface area contributed by atoms with Gasteiger partial charge in [-0.2, -0.15) is 0 Å². The standard InChI is InChI=1S/C27H41BO7/c1-15-13-21(28-34-26(7,8)27(9,10)35-28)11-12-22(15)18(4)25-24(32-20(6)30)17(3)16(2)23(33-25)14-31-19(5)29/h11-13,16-18,23-25H,14H2,1-10H3/t16-,17-,18+,23?,24?,25+/m0/s1. The lowest BCUT2D eigenvalue weighted by Crippen LogP contribution is -2.54. The Hall–Kier alpha value is -1.90. The van der Waals surface area contributed by atoms with Crippen LogP contribution in [0.25, 0.3) is 0 Å². The number of rotatable bonds is 6. The highest BCUT2D eigenvalue weighted by Gasteiger charge is 2.52. The predicted molar refractivity (Wildman–Crippen MR) is 134 cm³/mol. The molecule has 6 atom stereocenters. The van der Waals surface area contributed by atoms with Crippen LogP contribution in [0.3, 0.4) is 0 Å². The average Bonchev–Trinajstić information content (AvgIpc) is 2.97. The molecule has 35 heavy (non-hydrogen) atoms. The number of ether oxygens (including phenoxy) is 3. The first-order valence-corrected chi connectivity index (χ1v) is 12.6. The van der Waals surface area contributed by atoms with Crippen molar-refractivity contribution >= 4 is 24.5 Å². The van der Waals surface area contributed by atoms with E-state index in [2.05, 4.69) is 32.9 Å². The van der Waals surface area contributed by atoms with Gasteiger partial charge in [-0.25, -0.2) is 0 Å². The van der Waals surface area contributed by atoms with Crippen molar-refractivity contribution in [3.63, 3.8) is 0 Å². The fourth-order valence-electron chi connectivity index (χ4n) is 5.01. The summed E-state index contributed by atoms with van der Waals surface area (Å²) in [6.45, 7) is 19.4. The molecule has 0 aliphatic carbocycles. The molecule has 0 amide bonds. The minimum absolute atomic E-state index is 0.0324. The molecule has 0 N–H and O–H groups in total. The number of aryl methyl sites for hydroxylation is 1. The van der Waals surface area contributed by atoms with Crippen molar-refractivity contribution in [2.45, 2.75) is 105 Å². The third-order valence-electron chi connectivity index (χ3n) is 8.15. The van der Waals surface area contributed by atoms with E-state index in [1.807, 2.05) is 40.7 Å². The monoisotopic (exact) mass is 488 g/mol. The summed E-state index contributed by atoms with van der Waals surface area (Å²) in [6.07, 6.45) is -1.07. The molecule has 0 saturated carbocycles. The van der Waals surface area contributed by atoms with Crippen LogP contribution in [0.1, 0.15) is 79.4 Å². The van der Waals surface area contributed by atoms with Gasteiger partial charge in [0.1, 0.15) is 18.8 Å². The Morgan fingerprint density at radius 1 is 1.03 bits per heavy atom. The number of benzene rings is 1. The van der Waals surface area contributed by atoms with E-state index < -0.39 is 24.4 Å². The van der Waals surface area contributed by atoms with Crippen LogP contribution in [0, 0.1) is 18.8 Å². The highest BCUT2D eigenvalue weighted by Crippen LogP contribution is 2.40. The largest absolute Gasteiger partial charge is 0.494 e. The van der Waals surface area contributed by atoms with Crippen LogP contribution < -0.4 is 5.46 Å². The molecule has 2 unspecified atom stereocenters. The van der Waals surface area contributed by atoms with Gasteiger partial charge in [0, 0.05) is 25.7 Å². The zero-order chi connectivity index (χ0) is 26.3. The van der Waals surface area contributed by atoms with E-state index in [0.717, 1.165) is 16.6 Å². The van der Waals surface area contributed by atoms with Crippen molar-refractivity contribution in [1.82, 2.24) is 0 Å². The zero-order valence-electron chi connectivity index (χ0n) is 22.8. The van der Waals surface area contributed by atoms with Gasteiger partial charge in [-0.15, -0.1) is 0 Å². The average molecular weight is 488 g/mol. The minimum Gasteiger partial charge on any atom is -0.463 e. The van der Waals surface area contributed by atoms with E-state index >= 15 is 0 Å². The molecule has 8 heteroatoms. The first kappa shape index (κ1) is 27.7. The molecule has 3 rings (SSSR count). The van der Waals surface area contributed by atoms with Gasteiger partial charge < -0.3 is 23.5 Å². The maximum Gasteiger partial charge on any atom is 0.494 e. The van der Waals surface area contributed by atoms with Crippen molar-refractivity contribution in [1.29, 1.82) is 0 Å². The van der Waals surface area contributed by atoms with Crippen LogP contribution in [-0.4, -0.2) is 55.2 Å². The van der Waals surface area contributed by atoms with Gasteiger partial charge in [-0.1, -0.05) is 39.0 Å². The second kappa shape index (κ2) is 10.2. The Bertz CT molecular complexity index is 925. The van der Waals surface area contributed by atoms with Gasteiger partial charge in [0.2, 0.25) is 0 Å². The summed E-state index contributed by atoms with van der Waals surface area (Å²) >= 11 is 0. The topological polar surface area (TPSA) is 80.3 Å². The third kappa shape index (κ3) is 5.76. The first-order valence-electron chi connectivity index (χ1n) is 12.6. The Morgan fingerprint density at radius 3 is 2.14 bits per heavy atom. The normalized spacial score (nSPS) is 30.6. The highest BCUT2D eigenvalue weighted by atomic mass is 16.7. The molecule has 194 valence electrons. The molecule has 2 saturated heterocycles. The molecule has 2 fully saturated rings. The van der Waals surface area contributed by atoms with E-state index in [1.165, 1.54) is 13.8 Å². The molecule has 0 radical (unpaired) electrons. The Labute approximate surface area is 210 Å². The van der Waals surface area contributed by atoms with Gasteiger partial charge in [-0.3, -0.25) is 9.59 Å². The SMILES string of the molecule is CC(=O)OCC1O[C@H]([C@H](C)c2ccc(B3OC(C)(C)C(C)(C)O3)cc2C)C(OC(C)=O)[C@@H](C)[C@@H]1C. The van der Waals surface area contributed by atoms with Crippen LogP contribution in [0.15, 0.2) is 18.2 Å². The number of hydrogen-bond donors (Lipinski definition) is 0. The van der Waals surface area contributed by atoms with Crippen molar-refractivity contribution < 1.29 is 33.1 Å². The van der Waals surface area contributed by atoms with Crippen LogP contribution in [-0.2, 0) is 33.1 Å². The molecule has 0 aromatic heterocycles. The Morgan fingerprint density at radius 2 is 1.63 bits per heavy atom. The van der Waals surface area contributed by atoms with Crippen LogP contribution >= 0.6 is 0 Å². The summed E-state index contributed by atoms with van der Waals surface area (Å²) in [5.74, 6) is -0.657. The first-order chi connectivity index (χ1) is 16.1. The Kier molecular flexibility index (Phi) is 8.09. The van der Waals surface area contributed by atoms with Crippen LogP contribution in [0.2, 0.25) is 0 Å². The maximum absolute atomic E-state index is 12.0. The van der Waals surface area contributed by atoms with Crippen LogP contribution in [0.4, 0.5) is 0 Å². The second-order valence-corrected chi connectivity index (χ2v) is 11.2. The number of carbonyl (C=O) groups is 2. The molecule has 1 aromatic rings. The van der Waals surface area contributed by atoms with Crippen molar-refractivity contribution in [2.75, 3.05) is 6.61 Å². The predicted octanol–water partition coefficient (Wildman–Crippen LogP) is 3.93. The maximum atomic E-state index is 12.0. The lowest BCUT2D eigenvalue weighted by Gasteiger charge is -2.46. The summed E-state index contributed by atoms with van der Waals surface area (Å²) in [5, 5.41) is 0. The minimum atomic E-state index is -0.434. The summed E-state index contributed by atoms with van der Waals surface area (Å²) in [6, 6.07) is 6.21. The van der Waals surface area contributed by atoms with Gasteiger partial charge >= 0.3 is 19.1 Å². The van der Waals surface area contributed by atoms with Gasteiger partial charge in [0.25, 0.3) is 0 Å². The van der Waals surface area contributed by atoms with E-state index in [-0.39, 0.29) is 48.5 Å². The third-order valence-corrected chi connectivity index (χ3v) is 8.15. The number of esters is 2. The number of hydrogen-bond acceptors (Lipinski definition) is 7. The van der Waals surface area contributed by atoms with E-state index in [9.17, 15) is 9.59 Å². The van der Waals surface area contributed by atoms with Crippen molar-refractivity contribution in [3.05, 3.63) is 29.3 Å². The molecular formula is C27H41BO7. The summed E-state index contributed by atoms with van der Waals surface area (Å²) < 4.78 is 30.0. The van der Waals surface area contributed by atoms with Crippen molar-refractivity contribution in [2.24, 2.45) is 11.8 Å². The quantitative estimate of drug-likeness (QED) is 0.443. The highest BCUT2D eigenvalue weighted by molar-refractivity contribution is 6.62. The molecule has 2 aliphatic heterocycles. The molecule has 0 spiro atoms. The van der Waals surface area contributed by atoms with Gasteiger partial charge in [0.05, 0.1) is 17.3 Å². The molecular weight excluding hydrogens is 447 g/mol. The lowest BCUT2D eigenvalue weighted by atomic mass is 9.74. The fourth-order valence-corrected chi connectivity index (χ4v) is 5.01. The van der Waals surface area contributed by atoms with E-state index in [4.69, 9.17) is 23.5 Å². The molecule has 7 nitrogen and oxygen atoms in total. The number of carbonyl (C=O) groups excluding carboxylic acids is 2. The smallest absolute Gasteiger partial charge is 0.463 e. The zero-order valence-corrected chi connectivity index (χ0v) is 22.8. The summed E-state index contributed by atoms with van der Waals surface area (Å²) in [4.78, 5) is 23.4. The molecule has 0 bridgehead atoms. The lowest BCUT2D eigenvalue weighted by molar-refractivity contribution is -0.207. The molecule has 1 aromatic carbocycles. The molecule has 2 aliphatic rings. The Balaban J connectivity index is 1.87. The van der Waals surface area contributed by atoms with Gasteiger partial charge in [0.15, 0.2) is 0 Å². The second-order valence-electron chi connectivity index (χ2n) is 11.2. The van der Waals surface area contributed by atoms with Crippen molar-refractivity contribution in [3.8, 4) is 0 Å². The summed E-state index contributed by atoms with van der Waals surface area (Å²) in [5.41, 5.74) is 2.33.